The average Bonchev–Trinajstić information content (AvgIpc) is 4.38. The van der Waals surface area contributed by atoms with Gasteiger partial charge >= 0.3 is 30.0 Å². The number of aliphatic hydroxyl groups excluding tert-OH is 1. The normalized spacial score (nSPS) is 21.1. The van der Waals surface area contributed by atoms with E-state index in [4.69, 9.17) is 37.9 Å². The second kappa shape index (κ2) is 27.6. The number of alkyl carbamates (subject to hydrolysis) is 1. The molecule has 2 bridgehead atoms. The fraction of sp³-hybridized carbons (Fsp3) is 0.482. The molecule has 424 valence electrons. The van der Waals surface area contributed by atoms with Gasteiger partial charge in [0, 0.05) is 78.4 Å². The summed E-state index contributed by atoms with van der Waals surface area (Å²) in [6.45, 7) is 6.68. The lowest BCUT2D eigenvalue weighted by Gasteiger charge is -2.43. The molecule has 3 saturated heterocycles. The number of hydrogen-bond donors (Lipinski definition) is 4. The molecule has 0 radical (unpaired) electrons. The molecule has 3 aromatic rings. The van der Waals surface area contributed by atoms with Gasteiger partial charge in [0.2, 0.25) is 36.0 Å². The van der Waals surface area contributed by atoms with Crippen molar-refractivity contribution in [1.82, 2.24) is 25.8 Å². The molecular weight excluding hydrogens is 1030 g/mol. The van der Waals surface area contributed by atoms with Gasteiger partial charge in [-0.1, -0.05) is 67.3 Å². The Morgan fingerprint density at radius 3 is 2.00 bits per heavy atom. The number of piperazine rings is 1. The Balaban J connectivity index is 0.991. The predicted octanol–water partition coefficient (Wildman–Crippen LogP) is 2.86. The Kier molecular flexibility index (Phi) is 20.6. The van der Waals surface area contributed by atoms with E-state index in [1.165, 1.54) is 31.4 Å². The molecule has 0 unspecified atom stereocenters. The zero-order valence-corrected chi connectivity index (χ0v) is 44.5. The third-order valence-electron chi connectivity index (χ3n) is 13.9. The van der Waals surface area contributed by atoms with E-state index in [-0.39, 0.29) is 99.5 Å². The molecule has 3 fully saturated rings. The fourth-order valence-corrected chi connectivity index (χ4v) is 10.4. The Morgan fingerprint density at radius 1 is 0.772 bits per heavy atom. The van der Waals surface area contributed by atoms with E-state index in [9.17, 15) is 48.3 Å². The van der Waals surface area contributed by atoms with Crippen LogP contribution in [0, 0.1) is 0 Å². The van der Waals surface area contributed by atoms with Gasteiger partial charge in [-0.15, -0.1) is 0 Å². The third-order valence-corrected chi connectivity index (χ3v) is 13.9. The standard InChI is InChI=1S/C56H67N5O18/c1-6-23-73-54(70)51-49(75-32(2)63)50(76-33(3)64)52(77-34(4)65)55(79-51)78-45-19-18-35(30-62)25-36(45)27-58-46(66)20-22-57-53(69)44(16-11-17-47(67)60-28-38-26-37(60)29-61(38)48(68)21-24-72-5)59-56(71)74-31-43-41-14-9-7-12-39(41)40-13-8-10-15-42(40)43/h6-10,12-15,18-19,25,37-38,43-44,49-52,55,62H,1,11,16-17,20-24,26-31H2,2-5H3,(H,57,69)(H,58,66)(H,59,71)/t37-,38-,44-,49-,50-,51-,52+,55+/m0/s1. The van der Waals surface area contributed by atoms with Crippen LogP contribution in [0.4, 0.5) is 4.79 Å². The fourth-order valence-electron chi connectivity index (χ4n) is 10.4. The molecule has 7 rings (SSSR count). The zero-order valence-electron chi connectivity index (χ0n) is 44.5. The van der Waals surface area contributed by atoms with E-state index in [1.54, 1.807) is 9.80 Å². The van der Waals surface area contributed by atoms with E-state index in [0.29, 0.717) is 31.7 Å². The van der Waals surface area contributed by atoms with Crippen LogP contribution in [0.2, 0.25) is 0 Å². The highest BCUT2D eigenvalue weighted by atomic mass is 16.7. The number of nitrogens with one attached hydrogen (secondary N) is 3. The molecule has 3 aromatic carbocycles. The molecule has 3 heterocycles. The molecule has 79 heavy (non-hydrogen) atoms. The van der Waals surface area contributed by atoms with Gasteiger partial charge in [0.1, 0.15) is 25.0 Å². The summed E-state index contributed by atoms with van der Waals surface area (Å²) < 4.78 is 44.6. The second-order valence-corrected chi connectivity index (χ2v) is 19.4. The predicted molar refractivity (Wildman–Crippen MR) is 277 cm³/mol. The molecular formula is C56H67N5O18. The maximum atomic E-state index is 13.9. The number of rotatable bonds is 25. The molecule has 1 aliphatic carbocycles. The zero-order chi connectivity index (χ0) is 56.8. The Bertz CT molecular complexity index is 2710. The van der Waals surface area contributed by atoms with Gasteiger partial charge < -0.3 is 68.8 Å². The van der Waals surface area contributed by atoms with Crippen LogP contribution in [0.3, 0.4) is 0 Å². The number of amides is 5. The van der Waals surface area contributed by atoms with Crippen LogP contribution in [0.25, 0.3) is 11.1 Å². The first-order valence-corrected chi connectivity index (χ1v) is 26.1. The molecule has 0 saturated carbocycles. The first kappa shape index (κ1) is 58.8. The molecule has 3 aliphatic heterocycles. The van der Waals surface area contributed by atoms with Crippen molar-refractivity contribution >= 4 is 53.6 Å². The Morgan fingerprint density at radius 2 is 1.39 bits per heavy atom. The van der Waals surface area contributed by atoms with Gasteiger partial charge in [-0.05, 0) is 59.2 Å². The lowest BCUT2D eigenvalue weighted by Crippen LogP contribution is -2.64. The number of likely N-dealkylation sites (tertiary alicyclic amines) is 2. The Hall–Kier alpha value is -7.89. The molecule has 8 atom stereocenters. The number of ether oxygens (including phenoxy) is 8. The van der Waals surface area contributed by atoms with Gasteiger partial charge in [-0.3, -0.25) is 33.6 Å². The van der Waals surface area contributed by atoms with Gasteiger partial charge in [-0.25, -0.2) is 9.59 Å². The molecule has 4 N–H and O–H groups in total. The van der Waals surface area contributed by atoms with Crippen LogP contribution in [-0.2, 0) is 84.7 Å². The summed E-state index contributed by atoms with van der Waals surface area (Å²) in [6.07, 6.45) is -7.02. The quantitative estimate of drug-likeness (QED) is 0.0539. The monoisotopic (exact) mass is 1100 g/mol. The topological polar surface area (TPSA) is 290 Å². The molecule has 0 spiro atoms. The minimum absolute atomic E-state index is 0.00781. The number of nitrogens with zero attached hydrogens (tertiary/aromatic N) is 2. The van der Waals surface area contributed by atoms with Gasteiger partial charge in [0.25, 0.3) is 0 Å². The van der Waals surface area contributed by atoms with E-state index >= 15 is 0 Å². The van der Waals surface area contributed by atoms with Crippen molar-refractivity contribution in [1.29, 1.82) is 0 Å². The van der Waals surface area contributed by atoms with Crippen molar-refractivity contribution in [2.45, 2.75) is 127 Å². The summed E-state index contributed by atoms with van der Waals surface area (Å²) in [6, 6.07) is 18.8. The number of hydrogen-bond acceptors (Lipinski definition) is 18. The summed E-state index contributed by atoms with van der Waals surface area (Å²) in [5, 5.41) is 18.2. The van der Waals surface area contributed by atoms with Crippen molar-refractivity contribution in [3.8, 4) is 16.9 Å². The van der Waals surface area contributed by atoms with Crippen molar-refractivity contribution in [3.63, 3.8) is 0 Å². The number of carbonyl (C=O) groups is 9. The van der Waals surface area contributed by atoms with Crippen molar-refractivity contribution in [2.75, 3.05) is 46.6 Å². The van der Waals surface area contributed by atoms with Crippen LogP contribution < -0.4 is 20.7 Å². The lowest BCUT2D eigenvalue weighted by atomic mass is 9.97. The molecule has 23 heteroatoms. The smallest absolute Gasteiger partial charge is 0.407 e. The first-order valence-electron chi connectivity index (χ1n) is 26.1. The highest BCUT2D eigenvalue weighted by Gasteiger charge is 2.56. The van der Waals surface area contributed by atoms with Crippen LogP contribution >= 0.6 is 0 Å². The minimum atomic E-state index is -1.78. The summed E-state index contributed by atoms with van der Waals surface area (Å²) >= 11 is 0. The van der Waals surface area contributed by atoms with Crippen LogP contribution in [0.15, 0.2) is 79.4 Å². The number of methoxy groups -OCH3 is 1. The third kappa shape index (κ3) is 15.0. The number of aliphatic hydroxyl groups is 1. The summed E-state index contributed by atoms with van der Waals surface area (Å²) in [5.74, 6) is -5.32. The highest BCUT2D eigenvalue weighted by Crippen LogP contribution is 2.44. The van der Waals surface area contributed by atoms with Crippen molar-refractivity contribution in [2.24, 2.45) is 0 Å². The number of esters is 4. The molecule has 5 amide bonds. The van der Waals surface area contributed by atoms with Crippen LogP contribution in [0.1, 0.15) is 87.5 Å². The van der Waals surface area contributed by atoms with Gasteiger partial charge in [-0.2, -0.15) is 0 Å². The summed E-state index contributed by atoms with van der Waals surface area (Å²) in [5.41, 5.74) is 4.72. The molecule has 0 aromatic heterocycles. The number of benzene rings is 3. The largest absolute Gasteiger partial charge is 0.460 e. The van der Waals surface area contributed by atoms with Gasteiger partial charge in [0.05, 0.1) is 31.7 Å². The van der Waals surface area contributed by atoms with Crippen LogP contribution in [-0.4, -0.2) is 164 Å². The number of fused-ring (bicyclic) bond motifs is 5. The average molecular weight is 1100 g/mol. The summed E-state index contributed by atoms with van der Waals surface area (Å²) in [7, 11) is 1.53. The van der Waals surface area contributed by atoms with Gasteiger partial charge in [0.15, 0.2) is 18.3 Å². The van der Waals surface area contributed by atoms with E-state index in [0.717, 1.165) is 43.0 Å². The van der Waals surface area contributed by atoms with Crippen molar-refractivity contribution < 1.29 is 86.2 Å². The SMILES string of the molecule is C=CCOC(=O)[C@H]1O[C@@H](Oc2ccc(CO)cc2CNC(=O)CCNC(=O)[C@H](CCCC(=O)N2C[C@@H]3C[C@H]2CN3C(=O)CCOC)NC(=O)OCC2c3ccccc3-c3ccccc32)[C@H](OC(C)=O)[C@@H](OC(C)=O)[C@@H]1OC(C)=O. The van der Waals surface area contributed by atoms with E-state index < -0.39 is 85.1 Å². The highest BCUT2D eigenvalue weighted by molar-refractivity contribution is 5.87. The van der Waals surface area contributed by atoms with E-state index in [2.05, 4.69) is 22.5 Å². The minimum Gasteiger partial charge on any atom is -0.460 e. The van der Waals surface area contributed by atoms with E-state index in [1.807, 2.05) is 48.5 Å². The lowest BCUT2D eigenvalue weighted by molar-refractivity contribution is -0.282. The maximum Gasteiger partial charge on any atom is 0.407 e. The first-order chi connectivity index (χ1) is 38.0. The second-order valence-electron chi connectivity index (χ2n) is 19.4. The molecule has 4 aliphatic rings. The van der Waals surface area contributed by atoms with Crippen molar-refractivity contribution in [3.05, 3.63) is 102 Å². The maximum absolute atomic E-state index is 13.9. The van der Waals surface area contributed by atoms with Crippen LogP contribution in [0.5, 0.6) is 5.75 Å². The number of carbonyl (C=O) groups excluding carboxylic acids is 9. The molecule has 23 nitrogen and oxygen atoms in total. The Labute approximate surface area is 456 Å². The summed E-state index contributed by atoms with van der Waals surface area (Å²) in [4.78, 5) is 121.